The van der Waals surface area contributed by atoms with E-state index < -0.39 is 0 Å². The fourth-order valence-corrected chi connectivity index (χ4v) is 2.05. The van der Waals surface area contributed by atoms with Crippen molar-refractivity contribution in [2.75, 3.05) is 0 Å². The van der Waals surface area contributed by atoms with Crippen molar-refractivity contribution in [2.24, 2.45) is 0 Å². The molecule has 5 heteroatoms. The first-order valence-electron chi connectivity index (χ1n) is 6.51. The van der Waals surface area contributed by atoms with Crippen LogP contribution in [-0.4, -0.2) is 20.9 Å². The summed E-state index contributed by atoms with van der Waals surface area (Å²) in [4.78, 5) is 20.1. The largest absolute Gasteiger partial charge is 0.334 e. The molecule has 3 rings (SSSR count). The van der Waals surface area contributed by atoms with Crippen LogP contribution in [0.15, 0.2) is 47.1 Å². The normalized spacial score (nSPS) is 10.6. The molecule has 0 aliphatic heterocycles. The van der Waals surface area contributed by atoms with Gasteiger partial charge in [0.15, 0.2) is 5.78 Å². The van der Waals surface area contributed by atoms with Crippen LogP contribution in [0.25, 0.3) is 23.0 Å². The van der Waals surface area contributed by atoms with Gasteiger partial charge in [0.2, 0.25) is 5.82 Å². The maximum Gasteiger partial charge on any atom is 0.258 e. The van der Waals surface area contributed by atoms with Gasteiger partial charge >= 0.3 is 0 Å². The summed E-state index contributed by atoms with van der Waals surface area (Å²) in [5.74, 6) is 0.808. The first-order chi connectivity index (χ1) is 10.1. The smallest absolute Gasteiger partial charge is 0.258 e. The first kappa shape index (κ1) is 13.2. The molecule has 0 fully saturated rings. The standard InChI is InChI=1S/C16H13N3O2/c1-10-7-12(11(2)20)9-13(8-10)16-18-15(19-21-16)14-5-3-4-6-17-14/h3-9H,1-2H3. The molecule has 2 heterocycles. The molecular weight excluding hydrogens is 266 g/mol. The molecule has 0 atom stereocenters. The van der Waals surface area contributed by atoms with Gasteiger partial charge in [0.1, 0.15) is 5.69 Å². The van der Waals surface area contributed by atoms with Crippen LogP contribution < -0.4 is 0 Å². The van der Waals surface area contributed by atoms with Crippen molar-refractivity contribution >= 4 is 5.78 Å². The van der Waals surface area contributed by atoms with E-state index in [-0.39, 0.29) is 5.78 Å². The van der Waals surface area contributed by atoms with Crippen LogP contribution in [0.4, 0.5) is 0 Å². The Hall–Kier alpha value is -2.82. The lowest BCUT2D eigenvalue weighted by Gasteiger charge is -2.01. The lowest BCUT2D eigenvalue weighted by Crippen LogP contribution is -1.94. The summed E-state index contributed by atoms with van der Waals surface area (Å²) in [5.41, 5.74) is 2.97. The fraction of sp³-hybridized carbons (Fsp3) is 0.125. The third-order valence-electron chi connectivity index (χ3n) is 3.05. The molecular formula is C16H13N3O2. The predicted molar refractivity (Wildman–Crippen MR) is 77.7 cm³/mol. The number of aryl methyl sites for hydroxylation is 1. The topological polar surface area (TPSA) is 68.9 Å². The van der Waals surface area contributed by atoms with E-state index in [0.717, 1.165) is 11.1 Å². The molecule has 0 spiro atoms. The van der Waals surface area contributed by atoms with Gasteiger partial charge < -0.3 is 4.52 Å². The maximum absolute atomic E-state index is 11.5. The minimum absolute atomic E-state index is 0.00409. The van der Waals surface area contributed by atoms with Gasteiger partial charge in [-0.05, 0) is 49.7 Å². The van der Waals surface area contributed by atoms with E-state index in [1.807, 2.05) is 37.3 Å². The monoisotopic (exact) mass is 279 g/mol. The summed E-state index contributed by atoms with van der Waals surface area (Å²) < 4.78 is 5.28. The number of carbonyl (C=O) groups is 1. The number of Topliss-reactive ketones (excluding diaryl/α,β-unsaturated/α-hetero) is 1. The van der Waals surface area contributed by atoms with Crippen molar-refractivity contribution in [3.63, 3.8) is 0 Å². The average molecular weight is 279 g/mol. The van der Waals surface area contributed by atoms with Gasteiger partial charge in [0.25, 0.3) is 5.89 Å². The maximum atomic E-state index is 11.5. The Balaban J connectivity index is 2.02. The number of aromatic nitrogens is 3. The van der Waals surface area contributed by atoms with Crippen molar-refractivity contribution in [3.05, 3.63) is 53.7 Å². The van der Waals surface area contributed by atoms with Crippen LogP contribution in [0.1, 0.15) is 22.8 Å². The quantitative estimate of drug-likeness (QED) is 0.688. The molecule has 0 saturated carbocycles. The van der Waals surface area contributed by atoms with Gasteiger partial charge in [-0.3, -0.25) is 9.78 Å². The minimum Gasteiger partial charge on any atom is -0.334 e. The summed E-state index contributed by atoms with van der Waals surface area (Å²) >= 11 is 0. The Bertz CT molecular complexity index is 794. The van der Waals surface area contributed by atoms with E-state index in [1.165, 1.54) is 6.92 Å². The summed E-state index contributed by atoms with van der Waals surface area (Å²) in [6.45, 7) is 3.46. The van der Waals surface area contributed by atoms with Crippen LogP contribution in [0, 0.1) is 6.92 Å². The van der Waals surface area contributed by atoms with E-state index in [1.54, 1.807) is 12.3 Å². The number of benzene rings is 1. The zero-order chi connectivity index (χ0) is 14.8. The number of carbonyl (C=O) groups excluding carboxylic acids is 1. The molecule has 0 radical (unpaired) electrons. The van der Waals surface area contributed by atoms with Gasteiger partial charge in [-0.1, -0.05) is 11.2 Å². The average Bonchev–Trinajstić information content (AvgIpc) is 2.97. The zero-order valence-corrected chi connectivity index (χ0v) is 11.7. The molecule has 104 valence electrons. The highest BCUT2D eigenvalue weighted by molar-refractivity contribution is 5.95. The Morgan fingerprint density at radius 3 is 2.76 bits per heavy atom. The lowest BCUT2D eigenvalue weighted by molar-refractivity contribution is 0.101. The number of rotatable bonds is 3. The summed E-state index contributed by atoms with van der Waals surface area (Å²) in [6.07, 6.45) is 1.67. The van der Waals surface area contributed by atoms with Crippen LogP contribution in [0.3, 0.4) is 0 Å². The summed E-state index contributed by atoms with van der Waals surface area (Å²) in [6, 6.07) is 11.0. The predicted octanol–water partition coefficient (Wildman–Crippen LogP) is 3.31. The van der Waals surface area contributed by atoms with Gasteiger partial charge in [0.05, 0.1) is 0 Å². The highest BCUT2D eigenvalue weighted by atomic mass is 16.5. The van der Waals surface area contributed by atoms with Crippen molar-refractivity contribution in [1.29, 1.82) is 0 Å². The van der Waals surface area contributed by atoms with E-state index in [0.29, 0.717) is 23.0 Å². The van der Waals surface area contributed by atoms with Gasteiger partial charge in [0, 0.05) is 17.3 Å². The van der Waals surface area contributed by atoms with Crippen LogP contribution in [-0.2, 0) is 0 Å². The highest BCUT2D eigenvalue weighted by Crippen LogP contribution is 2.23. The number of nitrogens with zero attached hydrogens (tertiary/aromatic N) is 3. The third kappa shape index (κ3) is 2.72. The number of pyridine rings is 1. The van der Waals surface area contributed by atoms with Crippen molar-refractivity contribution in [2.45, 2.75) is 13.8 Å². The fourth-order valence-electron chi connectivity index (χ4n) is 2.05. The molecule has 1 aromatic carbocycles. The number of hydrogen-bond acceptors (Lipinski definition) is 5. The lowest BCUT2D eigenvalue weighted by atomic mass is 10.0. The Labute approximate surface area is 121 Å². The van der Waals surface area contributed by atoms with Crippen LogP contribution >= 0.6 is 0 Å². The number of hydrogen-bond donors (Lipinski definition) is 0. The van der Waals surface area contributed by atoms with E-state index in [4.69, 9.17) is 4.52 Å². The molecule has 0 aliphatic rings. The first-order valence-corrected chi connectivity index (χ1v) is 6.51. The molecule has 0 unspecified atom stereocenters. The molecule has 3 aromatic rings. The minimum atomic E-state index is 0.00409. The third-order valence-corrected chi connectivity index (χ3v) is 3.05. The second kappa shape index (κ2) is 5.28. The molecule has 21 heavy (non-hydrogen) atoms. The molecule has 2 aromatic heterocycles. The molecule has 0 aliphatic carbocycles. The summed E-state index contributed by atoms with van der Waals surface area (Å²) in [5, 5.41) is 3.93. The molecule has 0 saturated heterocycles. The highest BCUT2D eigenvalue weighted by Gasteiger charge is 2.13. The zero-order valence-electron chi connectivity index (χ0n) is 11.7. The van der Waals surface area contributed by atoms with Crippen LogP contribution in [0.5, 0.6) is 0 Å². The van der Waals surface area contributed by atoms with Crippen molar-refractivity contribution in [1.82, 2.24) is 15.1 Å². The molecule has 0 N–H and O–H groups in total. The number of ketones is 1. The summed E-state index contributed by atoms with van der Waals surface area (Å²) in [7, 11) is 0. The van der Waals surface area contributed by atoms with E-state index >= 15 is 0 Å². The Kier molecular flexibility index (Phi) is 3.31. The van der Waals surface area contributed by atoms with Gasteiger partial charge in [-0.2, -0.15) is 4.98 Å². The van der Waals surface area contributed by atoms with Crippen molar-refractivity contribution < 1.29 is 9.32 Å². The second-order valence-electron chi connectivity index (χ2n) is 4.78. The molecule has 0 bridgehead atoms. The van der Waals surface area contributed by atoms with Gasteiger partial charge in [-0.15, -0.1) is 0 Å². The molecule has 5 nitrogen and oxygen atoms in total. The van der Waals surface area contributed by atoms with E-state index in [2.05, 4.69) is 15.1 Å². The molecule has 0 amide bonds. The van der Waals surface area contributed by atoms with Crippen LogP contribution in [0.2, 0.25) is 0 Å². The Morgan fingerprint density at radius 1 is 1.19 bits per heavy atom. The SMILES string of the molecule is CC(=O)c1cc(C)cc(-c2nc(-c3ccccn3)no2)c1. The van der Waals surface area contributed by atoms with Gasteiger partial charge in [-0.25, -0.2) is 0 Å². The van der Waals surface area contributed by atoms with E-state index in [9.17, 15) is 4.79 Å². The Morgan fingerprint density at radius 2 is 2.05 bits per heavy atom. The second-order valence-corrected chi connectivity index (χ2v) is 4.78. The van der Waals surface area contributed by atoms with Crippen molar-refractivity contribution in [3.8, 4) is 23.0 Å².